The lowest BCUT2D eigenvalue weighted by atomic mass is 9.87. The van der Waals surface area contributed by atoms with Crippen molar-refractivity contribution in [3.8, 4) is 23.0 Å². The van der Waals surface area contributed by atoms with Gasteiger partial charge >= 0.3 is 0 Å². The number of carbonyl (C=O) groups is 2. The smallest absolute Gasteiger partial charge is 0.255 e. The predicted octanol–water partition coefficient (Wildman–Crippen LogP) is 6.19. The Morgan fingerprint density at radius 2 is 1.93 bits per heavy atom. The summed E-state index contributed by atoms with van der Waals surface area (Å²) in [4.78, 5) is 22.6. The van der Waals surface area contributed by atoms with Gasteiger partial charge in [-0.25, -0.2) is 0 Å². The molecule has 2 aliphatic heterocycles. The van der Waals surface area contributed by atoms with E-state index in [4.69, 9.17) is 24.7 Å². The van der Waals surface area contributed by atoms with Gasteiger partial charge in [0.05, 0.1) is 4.91 Å². The number of nitrogens with two attached hydrogens (primary N) is 1. The first-order valence-electron chi connectivity index (χ1n) is 13.3. The van der Waals surface area contributed by atoms with Gasteiger partial charge in [0, 0.05) is 11.1 Å². The Hall–Kier alpha value is -3.65. The second-order valence-corrected chi connectivity index (χ2v) is 11.6. The molecular weight excluding hydrogens is 526 g/mol. The highest BCUT2D eigenvalue weighted by Crippen LogP contribution is 2.44. The van der Waals surface area contributed by atoms with Crippen LogP contribution in [0.25, 0.3) is 6.08 Å². The van der Waals surface area contributed by atoms with Gasteiger partial charge in [-0.2, -0.15) is 0 Å². The summed E-state index contributed by atoms with van der Waals surface area (Å²) in [7, 11) is 0. The SMILES string of the molecule is CC(C)=CCOc1c(C)c(C)c2c(c1C)CCC(C)(COc1ccc3c(c1)C=C(/C=C(\SC=O)C(N)=O)CO3)O2. The maximum atomic E-state index is 11.6. The molecule has 2 aromatic carbocycles. The minimum absolute atomic E-state index is 0.163. The quantitative estimate of drug-likeness (QED) is 0.209. The molecule has 4 rings (SSSR count). The molecule has 0 saturated carbocycles. The topological polar surface area (TPSA) is 97.1 Å². The molecule has 212 valence electrons. The average Bonchev–Trinajstić information content (AvgIpc) is 2.92. The summed E-state index contributed by atoms with van der Waals surface area (Å²) in [5.74, 6) is 2.62. The summed E-state index contributed by atoms with van der Waals surface area (Å²) in [6.45, 7) is 13.7. The Balaban J connectivity index is 1.50. The molecule has 1 atom stereocenters. The molecule has 0 aliphatic carbocycles. The minimum Gasteiger partial charge on any atom is -0.489 e. The molecule has 7 nitrogen and oxygen atoms in total. The number of thioether (sulfide) groups is 1. The van der Waals surface area contributed by atoms with E-state index < -0.39 is 11.5 Å². The maximum Gasteiger partial charge on any atom is 0.255 e. The van der Waals surface area contributed by atoms with Gasteiger partial charge in [0.1, 0.15) is 48.4 Å². The lowest BCUT2D eigenvalue weighted by molar-refractivity contribution is -0.113. The summed E-state index contributed by atoms with van der Waals surface area (Å²) in [5.41, 5.74) is 12.8. The van der Waals surface area contributed by atoms with Gasteiger partial charge in [-0.3, -0.25) is 9.59 Å². The van der Waals surface area contributed by atoms with E-state index >= 15 is 0 Å². The zero-order valence-corrected chi connectivity index (χ0v) is 24.8. The third-order valence-electron chi connectivity index (χ3n) is 7.28. The van der Waals surface area contributed by atoms with Gasteiger partial charge < -0.3 is 24.7 Å². The van der Waals surface area contributed by atoms with Crippen molar-refractivity contribution in [1.82, 2.24) is 0 Å². The Labute approximate surface area is 240 Å². The first kappa shape index (κ1) is 29.3. The van der Waals surface area contributed by atoms with Gasteiger partial charge in [-0.15, -0.1) is 0 Å². The first-order valence-corrected chi connectivity index (χ1v) is 14.2. The van der Waals surface area contributed by atoms with Crippen molar-refractivity contribution < 1.29 is 28.5 Å². The number of ether oxygens (including phenoxy) is 4. The standard InChI is InChI=1S/C32H37NO6S/c1-19(2)10-12-36-29-20(3)21(4)30-26(22(29)5)9-11-32(6,39-30)17-38-25-7-8-27-24(15-25)13-23(16-37-27)14-28(31(33)35)40-18-34/h7-8,10,13-15,18H,9,11-12,16-17H2,1-6H3,(H2,33,35)/b28-14-. The van der Waals surface area contributed by atoms with Gasteiger partial charge in [-0.05, 0) is 125 Å². The summed E-state index contributed by atoms with van der Waals surface area (Å²) >= 11 is 0.751. The number of rotatable bonds is 10. The van der Waals surface area contributed by atoms with E-state index in [0.717, 1.165) is 63.9 Å². The molecule has 2 N–H and O–H groups in total. The molecule has 2 heterocycles. The average molecular weight is 564 g/mol. The van der Waals surface area contributed by atoms with Crippen LogP contribution >= 0.6 is 11.8 Å². The highest BCUT2D eigenvalue weighted by Gasteiger charge is 2.35. The van der Waals surface area contributed by atoms with Crippen molar-refractivity contribution in [3.63, 3.8) is 0 Å². The molecule has 0 fully saturated rings. The largest absolute Gasteiger partial charge is 0.489 e. The summed E-state index contributed by atoms with van der Waals surface area (Å²) in [5, 5.41) is 0. The maximum absolute atomic E-state index is 11.6. The molecule has 0 saturated heterocycles. The minimum atomic E-state index is -0.656. The molecule has 0 radical (unpaired) electrons. The van der Waals surface area contributed by atoms with E-state index in [9.17, 15) is 9.59 Å². The van der Waals surface area contributed by atoms with Crippen LogP contribution in [-0.2, 0) is 16.0 Å². The number of amides is 1. The van der Waals surface area contributed by atoms with Crippen LogP contribution in [-0.4, -0.2) is 36.9 Å². The van der Waals surface area contributed by atoms with Crippen molar-refractivity contribution in [2.75, 3.05) is 19.8 Å². The third kappa shape index (κ3) is 6.55. The normalized spacial score (nSPS) is 17.9. The molecule has 0 spiro atoms. The van der Waals surface area contributed by atoms with Gasteiger partial charge in [-0.1, -0.05) is 5.57 Å². The fourth-order valence-electron chi connectivity index (χ4n) is 4.86. The van der Waals surface area contributed by atoms with Crippen molar-refractivity contribution in [2.24, 2.45) is 5.73 Å². The fraction of sp³-hybridized carbons (Fsp3) is 0.375. The number of primary amides is 1. The van der Waals surface area contributed by atoms with Crippen LogP contribution in [0, 0.1) is 20.8 Å². The Morgan fingerprint density at radius 3 is 2.62 bits per heavy atom. The number of benzene rings is 2. The second kappa shape index (κ2) is 12.3. The molecule has 0 bridgehead atoms. The van der Waals surface area contributed by atoms with Crippen LogP contribution in [0.1, 0.15) is 55.0 Å². The van der Waals surface area contributed by atoms with Crippen molar-refractivity contribution in [1.29, 1.82) is 0 Å². The van der Waals surface area contributed by atoms with E-state index in [2.05, 4.69) is 47.6 Å². The first-order chi connectivity index (χ1) is 19.0. The molecule has 0 aromatic heterocycles. The van der Waals surface area contributed by atoms with Gasteiger partial charge in [0.25, 0.3) is 5.91 Å². The van der Waals surface area contributed by atoms with Gasteiger partial charge in [0.2, 0.25) is 0 Å². The Kier molecular flexibility index (Phi) is 8.98. The molecule has 8 heteroatoms. The van der Waals surface area contributed by atoms with E-state index in [0.29, 0.717) is 30.3 Å². The number of fused-ring (bicyclic) bond motifs is 2. The van der Waals surface area contributed by atoms with E-state index in [1.807, 2.05) is 24.3 Å². The summed E-state index contributed by atoms with van der Waals surface area (Å²) in [6.07, 6.45) is 7.25. The van der Waals surface area contributed by atoms with Crippen molar-refractivity contribution >= 4 is 29.4 Å². The molecule has 1 unspecified atom stereocenters. The number of carbonyl (C=O) groups excluding carboxylic acids is 2. The second-order valence-electron chi connectivity index (χ2n) is 10.7. The molecule has 1 amide bonds. The van der Waals surface area contributed by atoms with Crippen molar-refractivity contribution in [2.45, 2.75) is 60.0 Å². The highest BCUT2D eigenvalue weighted by atomic mass is 32.2. The highest BCUT2D eigenvalue weighted by molar-refractivity contribution is 8.16. The third-order valence-corrected chi connectivity index (χ3v) is 7.95. The lowest BCUT2D eigenvalue weighted by Gasteiger charge is -2.38. The number of allylic oxidation sites excluding steroid dienone is 1. The predicted molar refractivity (Wildman–Crippen MR) is 160 cm³/mol. The Bertz CT molecular complexity index is 1420. The number of hydrogen-bond donors (Lipinski definition) is 1. The zero-order chi connectivity index (χ0) is 29.0. The van der Waals surface area contributed by atoms with E-state index in [1.54, 1.807) is 6.08 Å². The van der Waals surface area contributed by atoms with Crippen LogP contribution in [0.3, 0.4) is 0 Å². The van der Waals surface area contributed by atoms with E-state index in [1.165, 1.54) is 11.1 Å². The monoisotopic (exact) mass is 563 g/mol. The lowest BCUT2D eigenvalue weighted by Crippen LogP contribution is -2.42. The van der Waals surface area contributed by atoms with Crippen LogP contribution < -0.4 is 24.7 Å². The van der Waals surface area contributed by atoms with Crippen LogP contribution in [0.15, 0.2) is 46.4 Å². The molecule has 2 aliphatic rings. The molecule has 40 heavy (non-hydrogen) atoms. The fourth-order valence-corrected chi connectivity index (χ4v) is 5.30. The molecule has 2 aromatic rings. The summed E-state index contributed by atoms with van der Waals surface area (Å²) < 4.78 is 24.9. The van der Waals surface area contributed by atoms with Crippen molar-refractivity contribution in [3.05, 3.63) is 74.2 Å². The van der Waals surface area contributed by atoms with E-state index in [-0.39, 0.29) is 11.5 Å². The Morgan fingerprint density at radius 1 is 1.15 bits per heavy atom. The number of hydrogen-bond acceptors (Lipinski definition) is 7. The van der Waals surface area contributed by atoms with Crippen LogP contribution in [0.2, 0.25) is 0 Å². The zero-order valence-electron chi connectivity index (χ0n) is 24.0. The van der Waals surface area contributed by atoms with Crippen LogP contribution in [0.5, 0.6) is 23.0 Å². The summed E-state index contributed by atoms with van der Waals surface area (Å²) in [6, 6.07) is 5.64. The molecular formula is C32H37NO6S. The van der Waals surface area contributed by atoms with Gasteiger partial charge in [0.15, 0.2) is 5.62 Å². The van der Waals surface area contributed by atoms with Crippen LogP contribution in [0.4, 0.5) is 0 Å².